The number of aromatic nitrogens is 1. The van der Waals surface area contributed by atoms with Gasteiger partial charge in [-0.2, -0.15) is 8.78 Å². The first kappa shape index (κ1) is 26.4. The predicted octanol–water partition coefficient (Wildman–Crippen LogP) is 4.17. The van der Waals surface area contributed by atoms with Crippen LogP contribution < -0.4 is 20.3 Å². The predicted molar refractivity (Wildman–Crippen MR) is 142 cm³/mol. The van der Waals surface area contributed by atoms with Crippen LogP contribution in [0.25, 0.3) is 0 Å². The molecule has 3 fully saturated rings. The maximum atomic E-state index is 13.4. The van der Waals surface area contributed by atoms with Crippen LogP contribution in [0.2, 0.25) is 0 Å². The van der Waals surface area contributed by atoms with Crippen LogP contribution in [0.4, 0.5) is 31.8 Å². The first-order chi connectivity index (χ1) is 18.1. The van der Waals surface area contributed by atoms with E-state index in [4.69, 9.17) is 5.11 Å². The van der Waals surface area contributed by atoms with Gasteiger partial charge in [0.05, 0.1) is 34.8 Å². The van der Waals surface area contributed by atoms with E-state index in [1.165, 1.54) is 18.9 Å². The number of nitrogens with one attached hydrogen (secondary N) is 3. The van der Waals surface area contributed by atoms with Gasteiger partial charge in [0, 0.05) is 19.2 Å². The van der Waals surface area contributed by atoms with Crippen molar-refractivity contribution in [2.75, 3.05) is 45.7 Å². The Bertz CT molecular complexity index is 1350. The van der Waals surface area contributed by atoms with Crippen molar-refractivity contribution in [2.45, 2.75) is 44.1 Å². The third-order valence-corrected chi connectivity index (χ3v) is 8.81. The molecular weight excluding hydrogens is 516 g/mol. The monoisotopic (exact) mass is 547 g/mol. The maximum Gasteiger partial charge on any atom is 0.268 e. The number of hydrogen-bond donors (Lipinski definition) is 4. The second kappa shape index (κ2) is 10.1. The zero-order valence-electron chi connectivity index (χ0n) is 20.8. The van der Waals surface area contributed by atoms with Gasteiger partial charge in [-0.3, -0.25) is 9.52 Å². The lowest BCUT2D eigenvalue weighted by Crippen LogP contribution is -2.35. The van der Waals surface area contributed by atoms with Crippen LogP contribution >= 0.6 is 0 Å². The number of aliphatic hydroxyl groups excluding tert-OH is 1. The van der Waals surface area contributed by atoms with Crippen LogP contribution in [-0.4, -0.2) is 55.4 Å². The molecule has 1 aliphatic heterocycles. The lowest BCUT2D eigenvalue weighted by atomic mass is 9.93. The highest BCUT2D eigenvalue weighted by atomic mass is 32.2. The van der Waals surface area contributed by atoms with Gasteiger partial charge in [0.1, 0.15) is 11.6 Å². The molecule has 1 saturated heterocycles. The molecule has 0 atom stereocenters. The van der Waals surface area contributed by atoms with Crippen LogP contribution in [-0.2, 0) is 10.0 Å². The molecule has 0 radical (unpaired) electrons. The molecule has 3 aliphatic rings. The summed E-state index contributed by atoms with van der Waals surface area (Å²) in [6, 6.07) is 9.67. The fourth-order valence-electron chi connectivity index (χ4n) is 4.96. The minimum Gasteiger partial charge on any atom is -0.395 e. The Kier molecular flexibility index (Phi) is 7.03. The van der Waals surface area contributed by atoms with Gasteiger partial charge in [-0.15, -0.1) is 0 Å². The first-order valence-electron chi connectivity index (χ1n) is 12.7. The smallest absolute Gasteiger partial charge is 0.268 e. The SMILES string of the molecule is O=C(Nc1cccc(NC2(C=C(F)F)CC2)n1)c1ccc(NS(=O)(=O)CCO)cc1N1CCC2(CC1)CC2. The van der Waals surface area contributed by atoms with Crippen molar-refractivity contribution in [3.05, 3.63) is 54.1 Å². The third-order valence-electron chi connectivity index (χ3n) is 7.54. The van der Waals surface area contributed by atoms with Crippen LogP contribution in [0.5, 0.6) is 0 Å². The number of piperidine rings is 1. The average molecular weight is 548 g/mol. The average Bonchev–Trinajstić information content (AvgIpc) is 3.78. The summed E-state index contributed by atoms with van der Waals surface area (Å²) in [5, 5.41) is 14.9. The molecule has 1 amide bonds. The van der Waals surface area contributed by atoms with Crippen molar-refractivity contribution in [3.63, 3.8) is 0 Å². The topological polar surface area (TPSA) is 124 Å². The lowest BCUT2D eigenvalue weighted by molar-refractivity contribution is 0.102. The Morgan fingerprint density at radius 1 is 1.05 bits per heavy atom. The minimum absolute atomic E-state index is 0.259. The molecular formula is C26H31F2N5O4S. The Balaban J connectivity index is 1.37. The number of nitrogens with zero attached hydrogens (tertiary/aromatic N) is 2. The van der Waals surface area contributed by atoms with E-state index in [2.05, 4.69) is 25.2 Å². The van der Waals surface area contributed by atoms with E-state index in [9.17, 15) is 22.0 Å². The van der Waals surface area contributed by atoms with Crippen molar-refractivity contribution in [3.8, 4) is 0 Å². The van der Waals surface area contributed by atoms with Crippen molar-refractivity contribution >= 4 is 38.9 Å². The zero-order chi connectivity index (χ0) is 27.0. The van der Waals surface area contributed by atoms with Crippen LogP contribution in [0.15, 0.2) is 48.6 Å². The van der Waals surface area contributed by atoms with E-state index in [1.54, 1.807) is 30.3 Å². The Morgan fingerprint density at radius 2 is 1.76 bits per heavy atom. The van der Waals surface area contributed by atoms with Gasteiger partial charge < -0.3 is 20.6 Å². The number of halogens is 2. The number of carbonyl (C=O) groups excluding carboxylic acids is 1. The molecule has 9 nitrogen and oxygen atoms in total. The standard InChI is InChI=1S/C26H31F2N5O4S/c27-21(28)17-26(8-9-26)31-23-3-1-2-22(29-23)30-24(35)19-5-4-18(32-38(36,37)15-14-34)16-20(19)33-12-10-25(6-7-25)11-13-33/h1-5,16-17,32,34H,6-15H2,(H2,29,30,31,35). The summed E-state index contributed by atoms with van der Waals surface area (Å²) in [4.78, 5) is 19.9. The van der Waals surface area contributed by atoms with Crippen molar-refractivity contribution in [1.29, 1.82) is 0 Å². The summed E-state index contributed by atoms with van der Waals surface area (Å²) in [6.07, 6.45) is 4.75. The number of benzene rings is 1. The quantitative estimate of drug-likeness (QED) is 0.352. The number of pyridine rings is 1. The third kappa shape index (κ3) is 6.24. The van der Waals surface area contributed by atoms with Gasteiger partial charge in [-0.25, -0.2) is 13.4 Å². The molecule has 2 aliphatic carbocycles. The number of aliphatic hydroxyl groups is 1. The molecule has 2 heterocycles. The molecule has 0 bridgehead atoms. The first-order valence-corrected chi connectivity index (χ1v) is 14.4. The summed E-state index contributed by atoms with van der Waals surface area (Å²) in [5.41, 5.74) is 0.882. The molecule has 4 N–H and O–H groups in total. The number of rotatable bonds is 10. The number of sulfonamides is 1. The van der Waals surface area contributed by atoms with Crippen LogP contribution in [0.3, 0.4) is 0 Å². The molecule has 1 aromatic carbocycles. The second-order valence-corrected chi connectivity index (χ2v) is 12.3. The zero-order valence-corrected chi connectivity index (χ0v) is 21.7. The number of anilines is 4. The molecule has 12 heteroatoms. The maximum absolute atomic E-state index is 13.4. The fraction of sp³-hybridized carbons (Fsp3) is 0.462. The van der Waals surface area contributed by atoms with Crippen LogP contribution in [0.1, 0.15) is 48.9 Å². The largest absolute Gasteiger partial charge is 0.395 e. The molecule has 2 saturated carbocycles. The highest BCUT2D eigenvalue weighted by Crippen LogP contribution is 2.54. The van der Waals surface area contributed by atoms with E-state index < -0.39 is 39.9 Å². The second-order valence-electron chi connectivity index (χ2n) is 10.4. The van der Waals surface area contributed by atoms with Gasteiger partial charge in [0.2, 0.25) is 10.0 Å². The van der Waals surface area contributed by atoms with E-state index >= 15 is 0 Å². The molecule has 1 aromatic heterocycles. The van der Waals surface area contributed by atoms with Gasteiger partial charge in [-0.05, 0) is 74.3 Å². The summed E-state index contributed by atoms with van der Waals surface area (Å²) >= 11 is 0. The van der Waals surface area contributed by atoms with Crippen molar-refractivity contribution in [2.24, 2.45) is 5.41 Å². The van der Waals surface area contributed by atoms with Gasteiger partial charge >= 0.3 is 0 Å². The van der Waals surface area contributed by atoms with E-state index in [-0.39, 0.29) is 5.82 Å². The van der Waals surface area contributed by atoms with Crippen LogP contribution in [0, 0.1) is 5.41 Å². The van der Waals surface area contributed by atoms with Gasteiger partial charge in [-0.1, -0.05) is 6.07 Å². The van der Waals surface area contributed by atoms with E-state index in [1.807, 2.05) is 0 Å². The summed E-state index contributed by atoms with van der Waals surface area (Å²) in [6.45, 7) is 1.01. The van der Waals surface area contributed by atoms with Gasteiger partial charge in [0.25, 0.3) is 12.0 Å². The Morgan fingerprint density at radius 3 is 2.39 bits per heavy atom. The Hall–Kier alpha value is -3.25. The van der Waals surface area contributed by atoms with E-state index in [0.717, 1.165) is 32.0 Å². The van der Waals surface area contributed by atoms with Crippen molar-refractivity contribution < 1.29 is 27.1 Å². The van der Waals surface area contributed by atoms with E-state index in [0.29, 0.717) is 41.0 Å². The molecule has 204 valence electrons. The number of carbonyl (C=O) groups is 1. The highest BCUT2D eigenvalue weighted by Gasteiger charge is 2.45. The normalized spacial score (nSPS) is 19.0. The summed E-state index contributed by atoms with van der Waals surface area (Å²) < 4.78 is 52.5. The number of hydrogen-bond acceptors (Lipinski definition) is 7. The lowest BCUT2D eigenvalue weighted by Gasteiger charge is -2.35. The molecule has 5 rings (SSSR count). The molecule has 38 heavy (non-hydrogen) atoms. The molecule has 2 aromatic rings. The molecule has 1 spiro atoms. The highest BCUT2D eigenvalue weighted by molar-refractivity contribution is 7.92. The Labute approximate surface area is 220 Å². The number of amides is 1. The minimum atomic E-state index is -3.73. The van der Waals surface area contributed by atoms with Crippen molar-refractivity contribution in [1.82, 2.24) is 4.98 Å². The fourth-order valence-corrected chi connectivity index (χ4v) is 5.79. The summed E-state index contributed by atoms with van der Waals surface area (Å²) in [5.74, 6) is -0.217. The van der Waals surface area contributed by atoms with Gasteiger partial charge in [0.15, 0.2) is 0 Å². The summed E-state index contributed by atoms with van der Waals surface area (Å²) in [7, 11) is -3.73. The molecule has 0 unspecified atom stereocenters.